The molecule has 0 aliphatic carbocycles. The van der Waals surface area contributed by atoms with E-state index in [2.05, 4.69) is 4.98 Å². The number of amides is 1. The quantitative estimate of drug-likeness (QED) is 0.697. The van der Waals surface area contributed by atoms with Crippen molar-refractivity contribution in [1.82, 2.24) is 4.98 Å². The maximum atomic E-state index is 12.5. The SMILES string of the molecule is CN(C(=O)COc1cccc2c1OC(C)(C)C2)c1nc2ccccc2s1. The first-order valence-corrected chi connectivity index (χ1v) is 9.30. The predicted molar refractivity (Wildman–Crippen MR) is 103 cm³/mol. The Morgan fingerprint density at radius 1 is 1.27 bits per heavy atom. The Bertz CT molecular complexity index is 947. The molecule has 0 atom stereocenters. The summed E-state index contributed by atoms with van der Waals surface area (Å²) in [6.45, 7) is 4.03. The molecule has 134 valence electrons. The highest BCUT2D eigenvalue weighted by Gasteiger charge is 2.32. The zero-order valence-corrected chi connectivity index (χ0v) is 15.8. The van der Waals surface area contributed by atoms with Crippen LogP contribution in [0.1, 0.15) is 19.4 Å². The number of likely N-dealkylation sites (N-methyl/N-ethyl adjacent to an activating group) is 1. The second-order valence-corrected chi connectivity index (χ2v) is 8.00. The van der Waals surface area contributed by atoms with Gasteiger partial charge in [-0.3, -0.25) is 9.69 Å². The van der Waals surface area contributed by atoms with Crippen LogP contribution in [0.2, 0.25) is 0 Å². The maximum Gasteiger partial charge on any atom is 0.266 e. The minimum absolute atomic E-state index is 0.0628. The molecular weight excluding hydrogens is 348 g/mol. The first-order chi connectivity index (χ1) is 12.4. The number of thiazole rings is 1. The zero-order chi connectivity index (χ0) is 18.3. The van der Waals surface area contributed by atoms with Gasteiger partial charge in [-0.2, -0.15) is 0 Å². The Kier molecular flexibility index (Phi) is 4.07. The molecule has 0 bridgehead atoms. The Morgan fingerprint density at radius 2 is 2.08 bits per heavy atom. The van der Waals surface area contributed by atoms with E-state index in [1.807, 2.05) is 56.3 Å². The smallest absolute Gasteiger partial charge is 0.266 e. The molecule has 1 aliphatic rings. The molecule has 0 N–H and O–H groups in total. The van der Waals surface area contributed by atoms with E-state index in [1.54, 1.807) is 11.9 Å². The number of hydrogen-bond acceptors (Lipinski definition) is 5. The molecule has 1 aromatic heterocycles. The van der Waals surface area contributed by atoms with Crippen molar-refractivity contribution >= 4 is 32.6 Å². The summed E-state index contributed by atoms with van der Waals surface area (Å²) in [6.07, 6.45) is 0.832. The van der Waals surface area contributed by atoms with E-state index < -0.39 is 0 Å². The van der Waals surface area contributed by atoms with Crippen molar-refractivity contribution in [2.45, 2.75) is 25.9 Å². The lowest BCUT2D eigenvalue weighted by molar-refractivity contribution is -0.120. The minimum Gasteiger partial charge on any atom is -0.483 e. The van der Waals surface area contributed by atoms with Crippen LogP contribution in [0, 0.1) is 0 Å². The van der Waals surface area contributed by atoms with E-state index in [0.717, 1.165) is 28.0 Å². The number of fused-ring (bicyclic) bond motifs is 2. The second kappa shape index (κ2) is 6.29. The molecule has 26 heavy (non-hydrogen) atoms. The van der Waals surface area contributed by atoms with Gasteiger partial charge in [0.1, 0.15) is 5.60 Å². The van der Waals surface area contributed by atoms with Gasteiger partial charge in [0.2, 0.25) is 0 Å². The summed E-state index contributed by atoms with van der Waals surface area (Å²) in [5, 5.41) is 0.662. The second-order valence-electron chi connectivity index (χ2n) is 6.99. The standard InChI is InChI=1S/C20H20N2O3S/c1-20(2)11-13-7-6-9-15(18(13)25-20)24-12-17(23)22(3)19-21-14-8-4-5-10-16(14)26-19/h4-10H,11-12H2,1-3H3. The summed E-state index contributed by atoms with van der Waals surface area (Å²) in [6, 6.07) is 13.6. The number of anilines is 1. The monoisotopic (exact) mass is 368 g/mol. The lowest BCUT2D eigenvalue weighted by Crippen LogP contribution is -2.31. The fraction of sp³-hybridized carbons (Fsp3) is 0.300. The number of nitrogens with zero attached hydrogens (tertiary/aromatic N) is 2. The van der Waals surface area contributed by atoms with Crippen LogP contribution in [-0.2, 0) is 11.2 Å². The summed E-state index contributed by atoms with van der Waals surface area (Å²) in [5.74, 6) is 1.20. The Hall–Kier alpha value is -2.60. The first-order valence-electron chi connectivity index (χ1n) is 8.49. The molecule has 4 rings (SSSR count). The maximum absolute atomic E-state index is 12.5. The number of aromatic nitrogens is 1. The molecule has 2 heterocycles. The van der Waals surface area contributed by atoms with Crippen molar-refractivity contribution < 1.29 is 14.3 Å². The molecule has 0 radical (unpaired) electrons. The van der Waals surface area contributed by atoms with E-state index in [1.165, 1.54) is 11.3 Å². The number of rotatable bonds is 4. The summed E-state index contributed by atoms with van der Waals surface area (Å²) < 4.78 is 12.8. The van der Waals surface area contributed by atoms with Crippen LogP contribution >= 0.6 is 11.3 Å². The van der Waals surface area contributed by atoms with Gasteiger partial charge in [0.25, 0.3) is 5.91 Å². The molecule has 0 fully saturated rings. The Labute approximate surface area is 156 Å². The molecule has 0 unspecified atom stereocenters. The molecule has 0 saturated carbocycles. The molecule has 1 aliphatic heterocycles. The molecule has 5 nitrogen and oxygen atoms in total. The van der Waals surface area contributed by atoms with Gasteiger partial charge in [-0.15, -0.1) is 0 Å². The Morgan fingerprint density at radius 3 is 2.88 bits per heavy atom. The van der Waals surface area contributed by atoms with Crippen LogP contribution < -0.4 is 14.4 Å². The van der Waals surface area contributed by atoms with Gasteiger partial charge in [-0.25, -0.2) is 4.98 Å². The lowest BCUT2D eigenvalue weighted by Gasteiger charge is -2.19. The van der Waals surface area contributed by atoms with Crippen LogP contribution in [0.3, 0.4) is 0 Å². The highest BCUT2D eigenvalue weighted by atomic mass is 32.1. The van der Waals surface area contributed by atoms with Crippen molar-refractivity contribution in [2.75, 3.05) is 18.6 Å². The molecule has 1 amide bonds. The number of benzene rings is 2. The van der Waals surface area contributed by atoms with Gasteiger partial charge in [0.15, 0.2) is 23.2 Å². The van der Waals surface area contributed by atoms with Gasteiger partial charge >= 0.3 is 0 Å². The zero-order valence-electron chi connectivity index (χ0n) is 15.0. The van der Waals surface area contributed by atoms with Crippen molar-refractivity contribution in [3.8, 4) is 11.5 Å². The Balaban J connectivity index is 1.47. The summed E-state index contributed by atoms with van der Waals surface area (Å²) in [7, 11) is 1.72. The third-order valence-corrected chi connectivity index (χ3v) is 5.46. The number of ether oxygens (including phenoxy) is 2. The fourth-order valence-corrected chi connectivity index (χ4v) is 3.99. The molecule has 0 spiro atoms. The number of carbonyl (C=O) groups excluding carboxylic acids is 1. The van der Waals surface area contributed by atoms with Crippen LogP contribution in [0.25, 0.3) is 10.2 Å². The van der Waals surface area contributed by atoms with Gasteiger partial charge in [-0.1, -0.05) is 35.6 Å². The minimum atomic E-state index is -0.246. The predicted octanol–water partition coefficient (Wildman–Crippen LogP) is 4.05. The molecule has 3 aromatic rings. The molecule has 0 saturated heterocycles. The molecular formula is C20H20N2O3S. The van der Waals surface area contributed by atoms with Gasteiger partial charge in [0.05, 0.1) is 10.2 Å². The van der Waals surface area contributed by atoms with E-state index in [4.69, 9.17) is 9.47 Å². The van der Waals surface area contributed by atoms with Crippen LogP contribution in [0.15, 0.2) is 42.5 Å². The van der Waals surface area contributed by atoms with Crippen molar-refractivity contribution in [3.63, 3.8) is 0 Å². The van der Waals surface area contributed by atoms with E-state index >= 15 is 0 Å². The van der Waals surface area contributed by atoms with Crippen molar-refractivity contribution in [3.05, 3.63) is 48.0 Å². The van der Waals surface area contributed by atoms with E-state index in [-0.39, 0.29) is 18.1 Å². The average Bonchev–Trinajstić information content (AvgIpc) is 3.18. The van der Waals surface area contributed by atoms with Crippen LogP contribution in [-0.4, -0.2) is 30.1 Å². The van der Waals surface area contributed by atoms with E-state index in [9.17, 15) is 4.79 Å². The highest BCUT2D eigenvalue weighted by molar-refractivity contribution is 7.22. The van der Waals surface area contributed by atoms with Gasteiger partial charge in [-0.05, 0) is 32.0 Å². The lowest BCUT2D eigenvalue weighted by atomic mass is 10.0. The number of carbonyl (C=O) groups is 1. The number of hydrogen-bond donors (Lipinski definition) is 0. The third-order valence-electron chi connectivity index (χ3n) is 4.35. The summed E-state index contributed by atoms with van der Waals surface area (Å²) in [4.78, 5) is 18.6. The van der Waals surface area contributed by atoms with Crippen molar-refractivity contribution in [1.29, 1.82) is 0 Å². The molecule has 6 heteroatoms. The third kappa shape index (κ3) is 3.12. The summed E-state index contributed by atoms with van der Waals surface area (Å²) in [5.41, 5.74) is 1.76. The summed E-state index contributed by atoms with van der Waals surface area (Å²) >= 11 is 1.49. The number of para-hydroxylation sites is 2. The van der Waals surface area contributed by atoms with Gasteiger partial charge < -0.3 is 9.47 Å². The van der Waals surface area contributed by atoms with Gasteiger partial charge in [0, 0.05) is 19.0 Å². The molecule has 2 aromatic carbocycles. The average molecular weight is 368 g/mol. The van der Waals surface area contributed by atoms with E-state index in [0.29, 0.717) is 10.9 Å². The highest BCUT2D eigenvalue weighted by Crippen LogP contribution is 2.41. The largest absolute Gasteiger partial charge is 0.483 e. The normalized spacial score (nSPS) is 14.7. The van der Waals surface area contributed by atoms with Crippen molar-refractivity contribution in [2.24, 2.45) is 0 Å². The topological polar surface area (TPSA) is 51.7 Å². The van der Waals surface area contributed by atoms with Crippen LogP contribution in [0.5, 0.6) is 11.5 Å². The fourth-order valence-electron chi connectivity index (χ4n) is 3.05. The first kappa shape index (κ1) is 16.8. The van der Waals surface area contributed by atoms with Crippen LogP contribution in [0.4, 0.5) is 5.13 Å².